The van der Waals surface area contributed by atoms with E-state index < -0.39 is 0 Å². The Kier molecular flexibility index (Phi) is 4.02. The molecule has 0 amide bonds. The Morgan fingerprint density at radius 3 is 2.26 bits per heavy atom. The Hall–Kier alpha value is -2.07. The van der Waals surface area contributed by atoms with Crippen LogP contribution < -0.4 is 14.2 Å². The molecule has 0 aliphatic carbocycles. The van der Waals surface area contributed by atoms with Crippen LogP contribution in [0.25, 0.3) is 0 Å². The van der Waals surface area contributed by atoms with Crippen molar-refractivity contribution in [3.8, 4) is 28.7 Å². The van der Waals surface area contributed by atoms with E-state index in [1.165, 1.54) is 13.2 Å². The highest BCUT2D eigenvalue weighted by Crippen LogP contribution is 2.36. The van der Waals surface area contributed by atoms with Crippen molar-refractivity contribution in [2.45, 2.75) is 0 Å². The van der Waals surface area contributed by atoms with Gasteiger partial charge in [-0.1, -0.05) is 11.6 Å². The van der Waals surface area contributed by atoms with Crippen molar-refractivity contribution in [2.75, 3.05) is 14.2 Å². The van der Waals surface area contributed by atoms with E-state index in [4.69, 9.17) is 25.8 Å². The van der Waals surface area contributed by atoms with Gasteiger partial charge in [-0.25, -0.2) is 0 Å². The molecule has 0 saturated carbocycles. The molecule has 0 fully saturated rings. The number of hydrogen-bond donors (Lipinski definition) is 1. The minimum atomic E-state index is 0.0211. The standard InChI is InChI=1S/C14H13ClO4/c1-17-9-3-5-12(16)14(8-9)19-10-4-6-13(18-2)11(15)7-10/h3-8,16H,1-2H3. The van der Waals surface area contributed by atoms with Crippen LogP contribution in [0.4, 0.5) is 0 Å². The average Bonchev–Trinajstić information content (AvgIpc) is 2.41. The molecule has 0 bridgehead atoms. The van der Waals surface area contributed by atoms with Crippen LogP contribution in [-0.4, -0.2) is 19.3 Å². The summed E-state index contributed by atoms with van der Waals surface area (Å²) in [6.07, 6.45) is 0. The zero-order valence-electron chi connectivity index (χ0n) is 10.5. The summed E-state index contributed by atoms with van der Waals surface area (Å²) in [4.78, 5) is 0. The SMILES string of the molecule is COc1ccc(O)c(Oc2ccc(OC)c(Cl)c2)c1. The molecule has 0 heterocycles. The Morgan fingerprint density at radius 1 is 0.895 bits per heavy atom. The number of benzene rings is 2. The van der Waals surface area contributed by atoms with Crippen LogP contribution in [0, 0.1) is 0 Å². The second kappa shape index (κ2) is 5.71. The fourth-order valence-electron chi connectivity index (χ4n) is 1.54. The topological polar surface area (TPSA) is 47.9 Å². The fourth-order valence-corrected chi connectivity index (χ4v) is 1.79. The largest absolute Gasteiger partial charge is 0.504 e. The van der Waals surface area contributed by atoms with Gasteiger partial charge in [0.15, 0.2) is 11.5 Å². The minimum absolute atomic E-state index is 0.0211. The molecule has 4 nitrogen and oxygen atoms in total. The molecule has 1 N–H and O–H groups in total. The summed E-state index contributed by atoms with van der Waals surface area (Å²) in [5.41, 5.74) is 0. The first-order valence-electron chi connectivity index (χ1n) is 5.52. The number of halogens is 1. The predicted octanol–water partition coefficient (Wildman–Crippen LogP) is 3.86. The highest BCUT2D eigenvalue weighted by atomic mass is 35.5. The molecule has 0 radical (unpaired) electrons. The minimum Gasteiger partial charge on any atom is -0.504 e. The van der Waals surface area contributed by atoms with Gasteiger partial charge in [-0.2, -0.15) is 0 Å². The summed E-state index contributed by atoms with van der Waals surface area (Å²) in [6, 6.07) is 9.73. The number of aromatic hydroxyl groups is 1. The van der Waals surface area contributed by atoms with Crippen LogP contribution in [0.15, 0.2) is 36.4 Å². The Balaban J connectivity index is 2.28. The molecule has 0 aromatic heterocycles. The van der Waals surface area contributed by atoms with Gasteiger partial charge in [-0.15, -0.1) is 0 Å². The van der Waals surface area contributed by atoms with Crippen LogP contribution >= 0.6 is 11.6 Å². The van der Waals surface area contributed by atoms with Crippen LogP contribution in [0.1, 0.15) is 0 Å². The van der Waals surface area contributed by atoms with Crippen molar-refractivity contribution in [1.29, 1.82) is 0 Å². The lowest BCUT2D eigenvalue weighted by atomic mass is 10.3. The summed E-state index contributed by atoms with van der Waals surface area (Å²) < 4.78 is 15.7. The smallest absolute Gasteiger partial charge is 0.172 e. The van der Waals surface area contributed by atoms with E-state index in [9.17, 15) is 5.11 Å². The van der Waals surface area contributed by atoms with E-state index in [1.807, 2.05) is 0 Å². The number of rotatable bonds is 4. The number of hydrogen-bond acceptors (Lipinski definition) is 4. The normalized spacial score (nSPS) is 10.1. The molecule has 0 aliphatic heterocycles. The maximum atomic E-state index is 9.72. The van der Waals surface area contributed by atoms with Crippen molar-refractivity contribution in [3.05, 3.63) is 41.4 Å². The van der Waals surface area contributed by atoms with E-state index in [-0.39, 0.29) is 5.75 Å². The van der Waals surface area contributed by atoms with Gasteiger partial charge in [-0.3, -0.25) is 0 Å². The summed E-state index contributed by atoms with van der Waals surface area (Å²) in [5.74, 6) is 1.96. The van der Waals surface area contributed by atoms with Gasteiger partial charge in [0, 0.05) is 12.1 Å². The van der Waals surface area contributed by atoms with Crippen LogP contribution in [0.5, 0.6) is 28.7 Å². The Morgan fingerprint density at radius 2 is 1.63 bits per heavy atom. The molecule has 0 atom stereocenters. The van der Waals surface area contributed by atoms with Crippen molar-refractivity contribution in [1.82, 2.24) is 0 Å². The zero-order valence-corrected chi connectivity index (χ0v) is 11.3. The lowest BCUT2D eigenvalue weighted by molar-refractivity contribution is 0.390. The molecule has 0 aliphatic rings. The third kappa shape index (κ3) is 3.03. The molecule has 2 aromatic rings. The van der Waals surface area contributed by atoms with E-state index in [0.717, 1.165) is 0 Å². The summed E-state index contributed by atoms with van der Waals surface area (Å²) in [6.45, 7) is 0. The zero-order chi connectivity index (χ0) is 13.8. The molecule has 0 saturated heterocycles. The lowest BCUT2D eigenvalue weighted by Gasteiger charge is -2.10. The molecule has 0 spiro atoms. The number of phenolic OH excluding ortho intramolecular Hbond substituents is 1. The number of ether oxygens (including phenoxy) is 3. The molecular weight excluding hydrogens is 268 g/mol. The van der Waals surface area contributed by atoms with Crippen LogP contribution in [0.2, 0.25) is 5.02 Å². The number of phenols is 1. The van der Waals surface area contributed by atoms with Crippen molar-refractivity contribution in [3.63, 3.8) is 0 Å². The molecule has 19 heavy (non-hydrogen) atoms. The first kappa shape index (κ1) is 13.4. The Bertz CT molecular complexity index is 584. The predicted molar refractivity (Wildman–Crippen MR) is 72.7 cm³/mol. The van der Waals surface area contributed by atoms with Crippen molar-refractivity contribution >= 4 is 11.6 Å². The second-order valence-electron chi connectivity index (χ2n) is 3.73. The monoisotopic (exact) mass is 280 g/mol. The maximum Gasteiger partial charge on any atom is 0.172 e. The van der Waals surface area contributed by atoms with Crippen LogP contribution in [-0.2, 0) is 0 Å². The van der Waals surface area contributed by atoms with Gasteiger partial charge < -0.3 is 19.3 Å². The maximum absolute atomic E-state index is 9.72. The molecular formula is C14H13ClO4. The number of methoxy groups -OCH3 is 2. The lowest BCUT2D eigenvalue weighted by Crippen LogP contribution is -1.89. The van der Waals surface area contributed by atoms with Crippen molar-refractivity contribution < 1.29 is 19.3 Å². The summed E-state index contributed by atoms with van der Waals surface area (Å²) in [5, 5.41) is 10.2. The van der Waals surface area contributed by atoms with Gasteiger partial charge in [-0.05, 0) is 24.3 Å². The van der Waals surface area contributed by atoms with E-state index in [2.05, 4.69) is 0 Å². The van der Waals surface area contributed by atoms with Gasteiger partial charge in [0.2, 0.25) is 0 Å². The molecule has 100 valence electrons. The quantitative estimate of drug-likeness (QED) is 0.924. The first-order chi connectivity index (χ1) is 9.13. The molecule has 2 aromatic carbocycles. The third-order valence-electron chi connectivity index (χ3n) is 2.52. The molecule has 2 rings (SSSR count). The van der Waals surface area contributed by atoms with Crippen molar-refractivity contribution in [2.24, 2.45) is 0 Å². The first-order valence-corrected chi connectivity index (χ1v) is 5.90. The van der Waals surface area contributed by atoms with Gasteiger partial charge in [0.25, 0.3) is 0 Å². The van der Waals surface area contributed by atoms with E-state index >= 15 is 0 Å². The average molecular weight is 281 g/mol. The van der Waals surface area contributed by atoms with Gasteiger partial charge in [0.05, 0.1) is 19.2 Å². The fraction of sp³-hybridized carbons (Fsp3) is 0.143. The van der Waals surface area contributed by atoms with E-state index in [0.29, 0.717) is 28.0 Å². The highest BCUT2D eigenvalue weighted by Gasteiger charge is 2.08. The molecule has 5 heteroatoms. The summed E-state index contributed by atoms with van der Waals surface area (Å²) >= 11 is 6.00. The van der Waals surface area contributed by atoms with E-state index in [1.54, 1.807) is 37.4 Å². The van der Waals surface area contributed by atoms with Crippen LogP contribution in [0.3, 0.4) is 0 Å². The Labute approximate surface area is 116 Å². The molecule has 0 unspecified atom stereocenters. The second-order valence-corrected chi connectivity index (χ2v) is 4.14. The van der Waals surface area contributed by atoms with Gasteiger partial charge >= 0.3 is 0 Å². The van der Waals surface area contributed by atoms with Gasteiger partial charge in [0.1, 0.15) is 17.2 Å². The summed E-state index contributed by atoms with van der Waals surface area (Å²) in [7, 11) is 3.08. The third-order valence-corrected chi connectivity index (χ3v) is 2.81. The highest BCUT2D eigenvalue weighted by molar-refractivity contribution is 6.32.